The van der Waals surface area contributed by atoms with Gasteiger partial charge in [0.2, 0.25) is 0 Å². The van der Waals surface area contributed by atoms with Gasteiger partial charge in [-0.25, -0.2) is 0 Å². The summed E-state index contributed by atoms with van der Waals surface area (Å²) in [5, 5.41) is 8.55. The highest BCUT2D eigenvalue weighted by molar-refractivity contribution is 7.20. The van der Waals surface area contributed by atoms with Crippen molar-refractivity contribution in [2.75, 3.05) is 0 Å². The van der Waals surface area contributed by atoms with Crippen molar-refractivity contribution in [3.63, 3.8) is 0 Å². The van der Waals surface area contributed by atoms with E-state index < -0.39 is 0 Å². The van der Waals surface area contributed by atoms with Gasteiger partial charge in [0.15, 0.2) is 0 Å². The molecule has 0 radical (unpaired) electrons. The first-order valence-electron chi connectivity index (χ1n) is 7.62. The van der Waals surface area contributed by atoms with E-state index in [1.807, 2.05) is 24.7 Å². The molecule has 0 fully saturated rings. The summed E-state index contributed by atoms with van der Waals surface area (Å²) < 4.78 is 1.85. The van der Waals surface area contributed by atoms with Crippen LogP contribution in [0.1, 0.15) is 55.4 Å². The van der Waals surface area contributed by atoms with E-state index in [1.54, 1.807) is 0 Å². The van der Waals surface area contributed by atoms with Crippen LogP contribution in [0.5, 0.6) is 0 Å². The SMILES string of the molecule is Cc1nn(C)c2sc(C(=O)NC(C)CCCC(C)C)cc12. The van der Waals surface area contributed by atoms with E-state index >= 15 is 0 Å². The van der Waals surface area contributed by atoms with Crippen molar-refractivity contribution in [3.05, 3.63) is 16.6 Å². The number of nitrogens with zero attached hydrogens (tertiary/aromatic N) is 2. The predicted octanol–water partition coefficient (Wildman–Crippen LogP) is 3.89. The molecule has 2 aromatic heterocycles. The Hall–Kier alpha value is -1.36. The maximum absolute atomic E-state index is 12.3. The number of fused-ring (bicyclic) bond motifs is 1. The lowest BCUT2D eigenvalue weighted by atomic mass is 10.0. The second kappa shape index (κ2) is 6.60. The molecule has 1 amide bonds. The highest BCUT2D eigenvalue weighted by Gasteiger charge is 2.16. The van der Waals surface area contributed by atoms with Crippen LogP contribution in [0.2, 0.25) is 0 Å². The Labute approximate surface area is 130 Å². The summed E-state index contributed by atoms with van der Waals surface area (Å²) in [6.07, 6.45) is 3.41. The van der Waals surface area contributed by atoms with Crippen LogP contribution in [-0.2, 0) is 7.05 Å². The first-order valence-corrected chi connectivity index (χ1v) is 8.44. The molecular formula is C16H25N3OS. The fourth-order valence-corrected chi connectivity index (χ4v) is 3.54. The van der Waals surface area contributed by atoms with Gasteiger partial charge in [-0.05, 0) is 32.3 Å². The molecule has 1 atom stereocenters. The van der Waals surface area contributed by atoms with E-state index in [0.717, 1.165) is 39.5 Å². The predicted molar refractivity (Wildman–Crippen MR) is 88.9 cm³/mol. The van der Waals surface area contributed by atoms with Crippen LogP contribution in [0, 0.1) is 12.8 Å². The summed E-state index contributed by atoms with van der Waals surface area (Å²) in [6, 6.07) is 2.18. The van der Waals surface area contributed by atoms with E-state index in [1.165, 1.54) is 17.8 Å². The molecule has 0 aromatic carbocycles. The first-order chi connectivity index (χ1) is 9.88. The Morgan fingerprint density at radius 3 is 2.71 bits per heavy atom. The van der Waals surface area contributed by atoms with Crippen molar-refractivity contribution < 1.29 is 4.79 Å². The number of carbonyl (C=O) groups excluding carboxylic acids is 1. The number of nitrogens with one attached hydrogen (secondary N) is 1. The molecule has 0 spiro atoms. The molecule has 0 aliphatic rings. The minimum atomic E-state index is 0.0349. The summed E-state index contributed by atoms with van der Waals surface area (Å²) in [4.78, 5) is 14.1. The second-order valence-electron chi connectivity index (χ2n) is 6.24. The number of amides is 1. The van der Waals surface area contributed by atoms with E-state index in [2.05, 4.69) is 31.2 Å². The molecule has 1 N–H and O–H groups in total. The number of rotatable bonds is 6. The van der Waals surface area contributed by atoms with Gasteiger partial charge in [0.05, 0.1) is 10.6 Å². The molecule has 2 rings (SSSR count). The van der Waals surface area contributed by atoms with Crippen LogP contribution in [0.3, 0.4) is 0 Å². The van der Waals surface area contributed by atoms with Gasteiger partial charge in [0, 0.05) is 18.5 Å². The van der Waals surface area contributed by atoms with Crippen LogP contribution in [0.15, 0.2) is 6.07 Å². The highest BCUT2D eigenvalue weighted by Crippen LogP contribution is 2.27. The van der Waals surface area contributed by atoms with Crippen molar-refractivity contribution in [1.82, 2.24) is 15.1 Å². The maximum Gasteiger partial charge on any atom is 0.261 e. The molecule has 0 aliphatic heterocycles. The van der Waals surface area contributed by atoms with Gasteiger partial charge < -0.3 is 5.32 Å². The van der Waals surface area contributed by atoms with Crippen molar-refractivity contribution in [2.45, 2.75) is 53.0 Å². The maximum atomic E-state index is 12.3. The fraction of sp³-hybridized carbons (Fsp3) is 0.625. The normalized spacial score (nSPS) is 13.0. The molecule has 2 heterocycles. The first kappa shape index (κ1) is 16.0. The van der Waals surface area contributed by atoms with Gasteiger partial charge >= 0.3 is 0 Å². The van der Waals surface area contributed by atoms with Crippen molar-refractivity contribution >= 4 is 27.5 Å². The van der Waals surface area contributed by atoms with Gasteiger partial charge in [0.25, 0.3) is 5.91 Å². The Bertz CT molecular complexity index is 592. The molecule has 0 bridgehead atoms. The minimum absolute atomic E-state index is 0.0349. The number of carbonyl (C=O) groups is 1. The molecule has 0 aliphatic carbocycles. The smallest absolute Gasteiger partial charge is 0.261 e. The molecule has 2 aromatic rings. The van der Waals surface area contributed by atoms with Crippen LogP contribution >= 0.6 is 11.3 Å². The molecule has 4 nitrogen and oxygen atoms in total. The largest absolute Gasteiger partial charge is 0.349 e. The minimum Gasteiger partial charge on any atom is -0.349 e. The van der Waals surface area contributed by atoms with Gasteiger partial charge in [-0.15, -0.1) is 11.3 Å². The number of hydrogen-bond donors (Lipinski definition) is 1. The molecule has 0 saturated heterocycles. The monoisotopic (exact) mass is 307 g/mol. The number of aryl methyl sites for hydroxylation is 2. The van der Waals surface area contributed by atoms with E-state index in [9.17, 15) is 4.79 Å². The van der Waals surface area contributed by atoms with Crippen LogP contribution in [-0.4, -0.2) is 21.7 Å². The van der Waals surface area contributed by atoms with E-state index in [0.29, 0.717) is 0 Å². The summed E-state index contributed by atoms with van der Waals surface area (Å²) in [7, 11) is 1.92. The van der Waals surface area contributed by atoms with Gasteiger partial charge in [-0.1, -0.05) is 26.7 Å². The average molecular weight is 307 g/mol. The third-order valence-corrected chi connectivity index (χ3v) is 4.92. The molecular weight excluding hydrogens is 282 g/mol. The van der Waals surface area contributed by atoms with E-state index in [4.69, 9.17) is 0 Å². The average Bonchev–Trinajstić information content (AvgIpc) is 2.92. The Balaban J connectivity index is 1.97. The topological polar surface area (TPSA) is 46.9 Å². The second-order valence-corrected chi connectivity index (χ2v) is 7.27. The van der Waals surface area contributed by atoms with E-state index in [-0.39, 0.29) is 11.9 Å². The summed E-state index contributed by atoms with van der Waals surface area (Å²) in [6.45, 7) is 8.53. The lowest BCUT2D eigenvalue weighted by Crippen LogP contribution is -2.32. The zero-order chi connectivity index (χ0) is 15.6. The lowest BCUT2D eigenvalue weighted by Gasteiger charge is -2.13. The Kier molecular flexibility index (Phi) is 5.04. The summed E-state index contributed by atoms with van der Waals surface area (Å²) >= 11 is 1.51. The van der Waals surface area contributed by atoms with Gasteiger partial charge in [-0.3, -0.25) is 9.48 Å². The van der Waals surface area contributed by atoms with Crippen LogP contribution in [0.4, 0.5) is 0 Å². The van der Waals surface area contributed by atoms with Gasteiger partial charge in [0.1, 0.15) is 4.83 Å². The number of hydrogen-bond acceptors (Lipinski definition) is 3. The zero-order valence-electron chi connectivity index (χ0n) is 13.6. The third kappa shape index (κ3) is 3.84. The summed E-state index contributed by atoms with van der Waals surface area (Å²) in [5.41, 5.74) is 0.979. The zero-order valence-corrected chi connectivity index (χ0v) is 14.4. The van der Waals surface area contributed by atoms with Crippen molar-refractivity contribution in [1.29, 1.82) is 0 Å². The van der Waals surface area contributed by atoms with Crippen molar-refractivity contribution in [3.8, 4) is 0 Å². The van der Waals surface area contributed by atoms with Crippen LogP contribution < -0.4 is 5.32 Å². The highest BCUT2D eigenvalue weighted by atomic mass is 32.1. The van der Waals surface area contributed by atoms with Crippen molar-refractivity contribution in [2.24, 2.45) is 13.0 Å². The molecule has 5 heteroatoms. The summed E-state index contributed by atoms with van der Waals surface area (Å²) in [5.74, 6) is 0.763. The van der Waals surface area contributed by atoms with Crippen LogP contribution in [0.25, 0.3) is 10.2 Å². The van der Waals surface area contributed by atoms with Gasteiger partial charge in [-0.2, -0.15) is 5.10 Å². The number of thiophene rings is 1. The quantitative estimate of drug-likeness (QED) is 0.880. The lowest BCUT2D eigenvalue weighted by molar-refractivity contribution is 0.0942. The molecule has 0 saturated carbocycles. The Morgan fingerprint density at radius 2 is 2.10 bits per heavy atom. The molecule has 1 unspecified atom stereocenters. The molecule has 21 heavy (non-hydrogen) atoms. The Morgan fingerprint density at radius 1 is 1.38 bits per heavy atom. The number of aromatic nitrogens is 2. The standard InChI is InChI=1S/C16H25N3OS/c1-10(2)7-6-8-11(3)17-15(20)14-9-13-12(4)18-19(5)16(13)21-14/h9-11H,6-8H2,1-5H3,(H,17,20). The fourth-order valence-electron chi connectivity index (χ4n) is 2.52. The third-order valence-electron chi connectivity index (χ3n) is 3.72. The molecule has 116 valence electrons.